The summed E-state index contributed by atoms with van der Waals surface area (Å²) in [7, 11) is -0.913. The van der Waals surface area contributed by atoms with Crippen molar-refractivity contribution in [1.82, 2.24) is 5.32 Å². The number of ether oxygens (including phenoxy) is 1. The Morgan fingerprint density at radius 1 is 1.32 bits per heavy atom. The maximum atomic E-state index is 11.5. The van der Waals surface area contributed by atoms with E-state index in [4.69, 9.17) is 4.74 Å². The molecule has 1 N–H and O–H groups in total. The van der Waals surface area contributed by atoms with E-state index in [-0.39, 0.29) is 17.6 Å². The van der Waals surface area contributed by atoms with Crippen LogP contribution in [0.15, 0.2) is 18.2 Å². The predicted molar refractivity (Wildman–Crippen MR) is 74.3 cm³/mol. The number of hydrogen-bond donors (Lipinski definition) is 1. The third-order valence-electron chi connectivity index (χ3n) is 4.06. The number of rotatable bonds is 3. The van der Waals surface area contributed by atoms with Crippen molar-refractivity contribution < 1.29 is 13.2 Å². The summed E-state index contributed by atoms with van der Waals surface area (Å²) in [4.78, 5) is 0. The molecular formula is C14H19NO3S. The lowest BCUT2D eigenvalue weighted by molar-refractivity contribution is 0.227. The van der Waals surface area contributed by atoms with Crippen molar-refractivity contribution in [2.75, 3.05) is 18.6 Å². The number of benzene rings is 1. The molecule has 3 rings (SSSR count). The van der Waals surface area contributed by atoms with Gasteiger partial charge in [0.25, 0.3) is 0 Å². The molecule has 0 bridgehead atoms. The summed E-state index contributed by atoms with van der Waals surface area (Å²) in [5.41, 5.74) is 2.53. The van der Waals surface area contributed by atoms with Gasteiger partial charge < -0.3 is 10.1 Å². The minimum atomic E-state index is -2.88. The first-order valence-corrected chi connectivity index (χ1v) is 8.57. The van der Waals surface area contributed by atoms with Gasteiger partial charge in [0.2, 0.25) is 0 Å². The highest BCUT2D eigenvalue weighted by Gasteiger charge is 2.31. The first-order valence-electron chi connectivity index (χ1n) is 6.75. The number of sulfone groups is 1. The molecule has 2 aliphatic rings. The van der Waals surface area contributed by atoms with Gasteiger partial charge >= 0.3 is 0 Å². The molecule has 2 atom stereocenters. The van der Waals surface area contributed by atoms with Gasteiger partial charge in [0.15, 0.2) is 9.84 Å². The molecule has 1 aromatic carbocycles. The molecule has 0 saturated carbocycles. The lowest BCUT2D eigenvalue weighted by Gasteiger charge is -2.16. The molecule has 0 radical (unpaired) electrons. The van der Waals surface area contributed by atoms with Crippen molar-refractivity contribution in [3.63, 3.8) is 0 Å². The topological polar surface area (TPSA) is 55.4 Å². The van der Waals surface area contributed by atoms with E-state index >= 15 is 0 Å². The Bertz CT molecular complexity index is 582. The Morgan fingerprint density at radius 3 is 2.84 bits per heavy atom. The molecule has 4 nitrogen and oxygen atoms in total. The molecule has 5 heteroatoms. The maximum absolute atomic E-state index is 11.5. The molecule has 1 aliphatic carbocycles. The highest BCUT2D eigenvalue weighted by molar-refractivity contribution is 7.91. The van der Waals surface area contributed by atoms with E-state index < -0.39 is 9.84 Å². The summed E-state index contributed by atoms with van der Waals surface area (Å²) in [5, 5.41) is 3.30. The van der Waals surface area contributed by atoms with Crippen molar-refractivity contribution in [3.8, 4) is 5.75 Å². The van der Waals surface area contributed by atoms with Crippen molar-refractivity contribution in [2.45, 2.75) is 31.4 Å². The fourth-order valence-corrected chi connectivity index (χ4v) is 4.65. The Hall–Kier alpha value is -1.07. The number of fused-ring (bicyclic) bond motifs is 1. The van der Waals surface area contributed by atoms with E-state index in [0.717, 1.165) is 18.6 Å². The summed E-state index contributed by atoms with van der Waals surface area (Å²) in [6.45, 7) is 0. The van der Waals surface area contributed by atoms with Gasteiger partial charge in [-0.3, -0.25) is 0 Å². The minimum Gasteiger partial charge on any atom is -0.489 e. The largest absolute Gasteiger partial charge is 0.489 e. The van der Waals surface area contributed by atoms with Gasteiger partial charge in [0.1, 0.15) is 11.9 Å². The van der Waals surface area contributed by atoms with Crippen LogP contribution in [0.3, 0.4) is 0 Å². The molecule has 104 valence electrons. The summed E-state index contributed by atoms with van der Waals surface area (Å²) >= 11 is 0. The first-order chi connectivity index (χ1) is 9.09. The predicted octanol–water partition coefficient (Wildman–Crippen LogP) is 1.46. The van der Waals surface area contributed by atoms with Crippen LogP contribution in [-0.4, -0.2) is 33.1 Å². The molecule has 1 aliphatic heterocycles. The summed E-state index contributed by atoms with van der Waals surface area (Å²) < 4.78 is 28.9. The third-order valence-corrected chi connectivity index (χ3v) is 5.80. The van der Waals surface area contributed by atoms with Crippen LogP contribution in [0.2, 0.25) is 0 Å². The molecule has 19 heavy (non-hydrogen) atoms. The molecule has 0 spiro atoms. The lowest BCUT2D eigenvalue weighted by Crippen LogP contribution is -2.18. The van der Waals surface area contributed by atoms with E-state index in [9.17, 15) is 8.42 Å². The Labute approximate surface area is 114 Å². The van der Waals surface area contributed by atoms with E-state index in [1.54, 1.807) is 0 Å². The second-order valence-corrected chi connectivity index (χ2v) is 7.58. The number of hydrogen-bond acceptors (Lipinski definition) is 4. The first kappa shape index (κ1) is 12.9. The zero-order valence-electron chi connectivity index (χ0n) is 11.1. The number of nitrogens with one attached hydrogen (secondary N) is 1. The van der Waals surface area contributed by atoms with Crippen LogP contribution < -0.4 is 10.1 Å². The molecule has 1 aromatic rings. The normalized spacial score (nSPS) is 28.3. The van der Waals surface area contributed by atoms with Crippen molar-refractivity contribution in [2.24, 2.45) is 0 Å². The van der Waals surface area contributed by atoms with Crippen LogP contribution in [0.25, 0.3) is 0 Å². The molecular weight excluding hydrogens is 262 g/mol. The molecule has 1 saturated heterocycles. The highest BCUT2D eigenvalue weighted by atomic mass is 32.2. The van der Waals surface area contributed by atoms with E-state index in [1.165, 1.54) is 11.1 Å². The molecule has 2 unspecified atom stereocenters. The van der Waals surface area contributed by atoms with E-state index in [1.807, 2.05) is 19.2 Å². The lowest BCUT2D eigenvalue weighted by atomic mass is 10.1. The van der Waals surface area contributed by atoms with Gasteiger partial charge in [-0.2, -0.15) is 0 Å². The molecule has 1 fully saturated rings. The van der Waals surface area contributed by atoms with Crippen LogP contribution in [0.4, 0.5) is 0 Å². The van der Waals surface area contributed by atoms with Gasteiger partial charge in [-0.05, 0) is 43.5 Å². The Kier molecular flexibility index (Phi) is 3.27. The standard InChI is InChI=1S/C14H19NO3S/c1-15-13-6-5-12-11(13)3-2-4-14(12)18-10-7-8-19(16,17)9-10/h2-4,10,13,15H,5-9H2,1H3. The summed E-state index contributed by atoms with van der Waals surface area (Å²) in [5.74, 6) is 1.29. The Balaban J connectivity index is 1.82. The fourth-order valence-electron chi connectivity index (χ4n) is 3.06. The van der Waals surface area contributed by atoms with Gasteiger partial charge in [-0.1, -0.05) is 12.1 Å². The zero-order chi connectivity index (χ0) is 13.5. The highest BCUT2D eigenvalue weighted by Crippen LogP contribution is 2.37. The van der Waals surface area contributed by atoms with Crippen molar-refractivity contribution >= 4 is 9.84 Å². The third kappa shape index (κ3) is 2.49. The second-order valence-electron chi connectivity index (χ2n) is 5.35. The quantitative estimate of drug-likeness (QED) is 0.911. The van der Waals surface area contributed by atoms with Gasteiger partial charge in [-0.25, -0.2) is 8.42 Å². The van der Waals surface area contributed by atoms with Crippen LogP contribution in [-0.2, 0) is 16.3 Å². The monoisotopic (exact) mass is 281 g/mol. The summed E-state index contributed by atoms with van der Waals surface area (Å²) in [6, 6.07) is 6.47. The maximum Gasteiger partial charge on any atom is 0.154 e. The van der Waals surface area contributed by atoms with Crippen LogP contribution in [0, 0.1) is 0 Å². The van der Waals surface area contributed by atoms with E-state index in [0.29, 0.717) is 12.5 Å². The summed E-state index contributed by atoms with van der Waals surface area (Å²) in [6.07, 6.45) is 2.51. The fraction of sp³-hybridized carbons (Fsp3) is 0.571. The minimum absolute atomic E-state index is 0.159. The average Bonchev–Trinajstić information content (AvgIpc) is 2.93. The van der Waals surface area contributed by atoms with Crippen LogP contribution in [0.1, 0.15) is 30.0 Å². The van der Waals surface area contributed by atoms with Gasteiger partial charge in [0.05, 0.1) is 11.5 Å². The van der Waals surface area contributed by atoms with Crippen LogP contribution >= 0.6 is 0 Å². The smallest absolute Gasteiger partial charge is 0.154 e. The van der Waals surface area contributed by atoms with Crippen molar-refractivity contribution in [3.05, 3.63) is 29.3 Å². The SMILES string of the molecule is CNC1CCc2c(OC3CCS(=O)(=O)C3)cccc21. The van der Waals surface area contributed by atoms with Crippen molar-refractivity contribution in [1.29, 1.82) is 0 Å². The Morgan fingerprint density at radius 2 is 2.16 bits per heavy atom. The second kappa shape index (κ2) is 4.80. The average molecular weight is 281 g/mol. The van der Waals surface area contributed by atoms with Crippen LogP contribution in [0.5, 0.6) is 5.75 Å². The molecule has 1 heterocycles. The molecule has 0 aromatic heterocycles. The van der Waals surface area contributed by atoms with E-state index in [2.05, 4.69) is 11.4 Å². The van der Waals surface area contributed by atoms with Gasteiger partial charge in [-0.15, -0.1) is 0 Å². The van der Waals surface area contributed by atoms with Gasteiger partial charge in [0, 0.05) is 6.04 Å². The molecule has 0 amide bonds. The zero-order valence-corrected chi connectivity index (χ0v) is 11.9.